The molecular formula is C33H34N2O6S. The van der Waals surface area contributed by atoms with Crippen LogP contribution in [0.3, 0.4) is 0 Å². The lowest BCUT2D eigenvalue weighted by molar-refractivity contribution is -0.139. The first-order valence-electron chi connectivity index (χ1n) is 14.0. The summed E-state index contributed by atoms with van der Waals surface area (Å²) >= 11 is 1.30. The van der Waals surface area contributed by atoms with E-state index < -0.39 is 12.0 Å². The molecule has 0 saturated carbocycles. The summed E-state index contributed by atoms with van der Waals surface area (Å²) < 4.78 is 24.7. The van der Waals surface area contributed by atoms with E-state index in [-0.39, 0.29) is 12.2 Å². The Morgan fingerprint density at radius 1 is 0.976 bits per heavy atom. The van der Waals surface area contributed by atoms with Gasteiger partial charge < -0.3 is 18.9 Å². The number of fused-ring (bicyclic) bond motifs is 2. The second-order valence-corrected chi connectivity index (χ2v) is 10.7. The van der Waals surface area contributed by atoms with Gasteiger partial charge in [-0.25, -0.2) is 9.79 Å². The topological polar surface area (TPSA) is 88.4 Å². The average Bonchev–Trinajstić information content (AvgIpc) is 3.31. The minimum Gasteiger partial charge on any atom is -0.497 e. The fourth-order valence-electron chi connectivity index (χ4n) is 5.31. The molecule has 5 rings (SSSR count). The quantitative estimate of drug-likeness (QED) is 0.239. The Bertz CT molecular complexity index is 1850. The van der Waals surface area contributed by atoms with E-state index in [0.717, 1.165) is 28.5 Å². The highest BCUT2D eigenvalue weighted by Crippen LogP contribution is 2.39. The molecule has 0 fully saturated rings. The molecule has 218 valence electrons. The maximum absolute atomic E-state index is 14.3. The van der Waals surface area contributed by atoms with Crippen molar-refractivity contribution in [3.05, 3.63) is 96.7 Å². The van der Waals surface area contributed by atoms with Gasteiger partial charge in [-0.05, 0) is 61.6 Å². The predicted octanol–water partition coefficient (Wildman–Crippen LogP) is 5.15. The van der Waals surface area contributed by atoms with E-state index in [1.807, 2.05) is 56.3 Å². The number of rotatable bonds is 10. The number of carbonyl (C=O) groups excluding carboxylic acids is 1. The second kappa shape index (κ2) is 12.7. The number of thiazole rings is 1. The van der Waals surface area contributed by atoms with Gasteiger partial charge in [-0.3, -0.25) is 9.36 Å². The molecule has 1 aliphatic heterocycles. The van der Waals surface area contributed by atoms with Crippen molar-refractivity contribution in [2.45, 2.75) is 39.7 Å². The van der Waals surface area contributed by atoms with Crippen LogP contribution in [0.4, 0.5) is 0 Å². The van der Waals surface area contributed by atoms with Gasteiger partial charge in [-0.1, -0.05) is 55.0 Å². The molecule has 0 saturated heterocycles. The minimum atomic E-state index is -0.814. The lowest BCUT2D eigenvalue weighted by Gasteiger charge is -2.27. The van der Waals surface area contributed by atoms with Crippen molar-refractivity contribution >= 4 is 34.2 Å². The first-order chi connectivity index (χ1) is 20.4. The molecule has 0 radical (unpaired) electrons. The molecule has 1 aromatic heterocycles. The molecule has 0 N–H and O–H groups in total. The molecule has 0 spiro atoms. The van der Waals surface area contributed by atoms with Gasteiger partial charge in [0.25, 0.3) is 5.56 Å². The molecule has 0 bridgehead atoms. The third kappa shape index (κ3) is 5.32. The van der Waals surface area contributed by atoms with Crippen LogP contribution in [0.25, 0.3) is 16.8 Å². The van der Waals surface area contributed by atoms with Gasteiger partial charge in [0.2, 0.25) is 0 Å². The first kappa shape index (κ1) is 29.1. The monoisotopic (exact) mass is 586 g/mol. The standard InChI is InChI=1S/C33H34N2O6S/c1-6-11-25-29(32(37)41-8-3)30(24-19-21(38-4)15-17-26(24)39-5)35-31(36)28(42-33(35)34-25)18-20-14-16-27(40-7-2)23-13-10-9-12-22(20)23/h9-10,12-19,30H,6-8,11H2,1-5H3/b28-18+/t30-/m0/s1. The lowest BCUT2D eigenvalue weighted by Crippen LogP contribution is -2.40. The van der Waals surface area contributed by atoms with E-state index in [4.69, 9.17) is 23.9 Å². The largest absolute Gasteiger partial charge is 0.497 e. The highest BCUT2D eigenvalue weighted by molar-refractivity contribution is 7.07. The summed E-state index contributed by atoms with van der Waals surface area (Å²) in [6, 6.07) is 16.4. The van der Waals surface area contributed by atoms with Crippen LogP contribution in [0.5, 0.6) is 17.2 Å². The van der Waals surface area contributed by atoms with Gasteiger partial charge in [0, 0.05) is 10.9 Å². The molecular weight excluding hydrogens is 552 g/mol. The third-order valence-corrected chi connectivity index (χ3v) is 8.11. The molecule has 1 atom stereocenters. The van der Waals surface area contributed by atoms with Gasteiger partial charge in [-0.15, -0.1) is 0 Å². The Morgan fingerprint density at radius 2 is 1.74 bits per heavy atom. The van der Waals surface area contributed by atoms with Gasteiger partial charge in [0.15, 0.2) is 4.80 Å². The van der Waals surface area contributed by atoms with Gasteiger partial charge >= 0.3 is 5.97 Å². The van der Waals surface area contributed by atoms with Crippen molar-refractivity contribution in [2.75, 3.05) is 27.4 Å². The predicted molar refractivity (Wildman–Crippen MR) is 164 cm³/mol. The van der Waals surface area contributed by atoms with E-state index in [1.165, 1.54) is 11.3 Å². The Morgan fingerprint density at radius 3 is 2.43 bits per heavy atom. The van der Waals surface area contributed by atoms with Crippen molar-refractivity contribution in [1.29, 1.82) is 0 Å². The molecule has 0 amide bonds. The molecule has 0 aliphatic carbocycles. The van der Waals surface area contributed by atoms with Crippen LogP contribution < -0.4 is 29.1 Å². The third-order valence-electron chi connectivity index (χ3n) is 7.13. The SMILES string of the molecule is CCCC1=C(C(=O)OCC)[C@H](c2cc(OC)ccc2OC)n2c(s/c(=C/c3ccc(OCC)c4ccccc34)c2=O)=N1. The number of esters is 1. The molecule has 3 aromatic carbocycles. The fraction of sp³-hybridized carbons (Fsp3) is 0.303. The summed E-state index contributed by atoms with van der Waals surface area (Å²) in [5.41, 5.74) is 2.17. The smallest absolute Gasteiger partial charge is 0.338 e. The van der Waals surface area contributed by atoms with Crippen LogP contribution in [0.15, 0.2) is 75.7 Å². The zero-order chi connectivity index (χ0) is 29.8. The number of aromatic nitrogens is 1. The van der Waals surface area contributed by atoms with Gasteiger partial charge in [0.05, 0.1) is 43.2 Å². The molecule has 2 heterocycles. The molecule has 8 nitrogen and oxygen atoms in total. The second-order valence-electron chi connectivity index (χ2n) is 9.65. The molecule has 42 heavy (non-hydrogen) atoms. The number of allylic oxidation sites excluding steroid dienone is 1. The summed E-state index contributed by atoms with van der Waals surface area (Å²) in [5.74, 6) is 1.38. The normalized spacial score (nSPS) is 14.9. The van der Waals surface area contributed by atoms with Crippen LogP contribution in [0.2, 0.25) is 0 Å². The number of hydrogen-bond acceptors (Lipinski definition) is 8. The van der Waals surface area contributed by atoms with Crippen LogP contribution >= 0.6 is 11.3 Å². The maximum atomic E-state index is 14.3. The summed E-state index contributed by atoms with van der Waals surface area (Å²) in [5, 5.41) is 1.94. The zero-order valence-corrected chi connectivity index (χ0v) is 25.2. The van der Waals surface area contributed by atoms with Crippen molar-refractivity contribution in [3.8, 4) is 17.2 Å². The first-order valence-corrected chi connectivity index (χ1v) is 14.9. The van der Waals surface area contributed by atoms with Crippen molar-refractivity contribution in [2.24, 2.45) is 4.99 Å². The van der Waals surface area contributed by atoms with Crippen LogP contribution in [-0.2, 0) is 9.53 Å². The van der Waals surface area contributed by atoms with Crippen LogP contribution in [0, 0.1) is 0 Å². The Hall–Kier alpha value is -4.37. The molecule has 4 aromatic rings. The van der Waals surface area contributed by atoms with E-state index >= 15 is 0 Å². The number of benzene rings is 3. The van der Waals surface area contributed by atoms with E-state index in [9.17, 15) is 9.59 Å². The maximum Gasteiger partial charge on any atom is 0.338 e. The summed E-state index contributed by atoms with van der Waals surface area (Å²) in [6.07, 6.45) is 3.19. The average molecular weight is 587 g/mol. The number of ether oxygens (including phenoxy) is 4. The number of nitrogens with zero attached hydrogens (tertiary/aromatic N) is 2. The summed E-state index contributed by atoms with van der Waals surface area (Å²) in [6.45, 7) is 6.49. The number of carbonyl (C=O) groups is 1. The van der Waals surface area contributed by atoms with Crippen molar-refractivity contribution < 1.29 is 23.7 Å². The number of methoxy groups -OCH3 is 2. The lowest BCUT2D eigenvalue weighted by atomic mass is 9.93. The highest BCUT2D eigenvalue weighted by Gasteiger charge is 2.36. The van der Waals surface area contributed by atoms with Crippen LogP contribution in [-0.4, -0.2) is 38.0 Å². The Balaban J connectivity index is 1.80. The van der Waals surface area contributed by atoms with Crippen LogP contribution in [0.1, 0.15) is 50.8 Å². The van der Waals surface area contributed by atoms with Crippen molar-refractivity contribution in [3.63, 3.8) is 0 Å². The number of hydrogen-bond donors (Lipinski definition) is 0. The van der Waals surface area contributed by atoms with Crippen molar-refractivity contribution in [1.82, 2.24) is 4.57 Å². The summed E-state index contributed by atoms with van der Waals surface area (Å²) in [4.78, 5) is 33.2. The van der Waals surface area contributed by atoms with Gasteiger partial charge in [0.1, 0.15) is 23.3 Å². The minimum absolute atomic E-state index is 0.193. The molecule has 0 unspecified atom stereocenters. The fourth-order valence-corrected chi connectivity index (χ4v) is 6.32. The Labute approximate surface area is 248 Å². The summed E-state index contributed by atoms with van der Waals surface area (Å²) in [7, 11) is 3.13. The highest BCUT2D eigenvalue weighted by atomic mass is 32.1. The van der Waals surface area contributed by atoms with Gasteiger partial charge in [-0.2, -0.15) is 0 Å². The molecule has 9 heteroatoms. The Kier molecular flexibility index (Phi) is 8.77. The van der Waals surface area contributed by atoms with E-state index in [1.54, 1.807) is 43.9 Å². The molecule has 1 aliphatic rings. The zero-order valence-electron chi connectivity index (χ0n) is 24.4. The van der Waals surface area contributed by atoms with E-state index in [2.05, 4.69) is 0 Å². The van der Waals surface area contributed by atoms with E-state index in [0.29, 0.717) is 50.7 Å².